The second kappa shape index (κ2) is 9.83. The van der Waals surface area contributed by atoms with Crippen molar-refractivity contribution in [1.82, 2.24) is 0 Å². The van der Waals surface area contributed by atoms with E-state index in [-0.39, 0.29) is 0 Å². The van der Waals surface area contributed by atoms with Crippen molar-refractivity contribution >= 4 is 110 Å². The summed E-state index contributed by atoms with van der Waals surface area (Å²) < 4.78 is 3.63. The molecule has 12 heteroatoms. The van der Waals surface area contributed by atoms with E-state index in [0.29, 0.717) is 46.7 Å². The highest BCUT2D eigenvalue weighted by Crippen LogP contribution is 2.32. The van der Waals surface area contributed by atoms with Crippen molar-refractivity contribution in [2.75, 3.05) is 0 Å². The average molecular weight is 828 g/mol. The summed E-state index contributed by atoms with van der Waals surface area (Å²) in [6, 6.07) is 23.8. The number of amidine groups is 8. The Kier molecular flexibility index (Phi) is 5.93. The Morgan fingerprint density at radius 3 is 0.636 bits per heavy atom. The molecule has 0 fully saturated rings. The van der Waals surface area contributed by atoms with Crippen LogP contribution in [0.2, 0.25) is 0 Å². The summed E-state index contributed by atoms with van der Waals surface area (Å²) in [6.45, 7) is 0. The van der Waals surface area contributed by atoms with Crippen molar-refractivity contribution < 1.29 is 0 Å². The van der Waals surface area contributed by atoms with Gasteiger partial charge in [0.1, 0.15) is 0 Å². The van der Waals surface area contributed by atoms with Crippen LogP contribution in [0.25, 0.3) is 0 Å². The van der Waals surface area contributed by atoms with Gasteiger partial charge in [0.25, 0.3) is 0 Å². The summed E-state index contributed by atoms with van der Waals surface area (Å²) >= 11 is 14.5. The van der Waals surface area contributed by atoms with Gasteiger partial charge in [-0.15, -0.1) is 0 Å². The van der Waals surface area contributed by atoms with Crippen LogP contribution in [-0.2, 0) is 0 Å². The molecule has 0 amide bonds. The topological polar surface area (TPSA) is 98.9 Å². The van der Waals surface area contributed by atoms with E-state index in [4.69, 9.17) is 39.9 Å². The van der Waals surface area contributed by atoms with Crippen LogP contribution in [-0.4, -0.2) is 46.7 Å². The van der Waals surface area contributed by atoms with Gasteiger partial charge in [0.15, 0.2) is 46.7 Å². The van der Waals surface area contributed by atoms with Gasteiger partial charge in [-0.1, -0.05) is 63.7 Å². The Labute approximate surface area is 283 Å². The van der Waals surface area contributed by atoms with Gasteiger partial charge in [0.05, 0.1) is 0 Å². The lowest BCUT2D eigenvalue weighted by atomic mass is 10.1. The first-order valence-electron chi connectivity index (χ1n) is 13.3. The fourth-order valence-electron chi connectivity index (χ4n) is 5.55. The van der Waals surface area contributed by atoms with Crippen molar-refractivity contribution in [2.45, 2.75) is 0 Å². The van der Waals surface area contributed by atoms with Gasteiger partial charge in [-0.2, -0.15) is 0 Å². The average Bonchev–Trinajstić information content (AvgIpc) is 3.71. The van der Waals surface area contributed by atoms with E-state index in [9.17, 15) is 0 Å². The standard InChI is InChI=1S/C32H12Br4N8/c33-13-1-5-17-21(9-13)29-37-25(17)41-30-22-10-14(34)2-6-18(22)27(38-30)43-32-24-12-16(36)4-8-20(24)28(40-32)44-31-23-11-15(35)3-7-19(23)26(39-31)42-29/h1-12H. The van der Waals surface area contributed by atoms with Crippen molar-refractivity contribution in [2.24, 2.45) is 39.9 Å². The number of hydrogen-bond donors (Lipinski definition) is 0. The zero-order valence-electron chi connectivity index (χ0n) is 22.0. The third-order valence-corrected chi connectivity index (χ3v) is 9.52. The molecular weight excluding hydrogens is 816 g/mol. The highest BCUT2D eigenvalue weighted by atomic mass is 79.9. The minimum atomic E-state index is 0.506. The molecule has 0 radical (unpaired) electrons. The zero-order valence-corrected chi connectivity index (χ0v) is 28.4. The maximum Gasteiger partial charge on any atom is 0.164 e. The van der Waals surface area contributed by atoms with E-state index in [1.54, 1.807) is 0 Å². The zero-order chi connectivity index (χ0) is 29.7. The highest BCUT2D eigenvalue weighted by Gasteiger charge is 2.31. The minimum absolute atomic E-state index is 0.506. The number of halogens is 4. The smallest absolute Gasteiger partial charge is 0.164 e. The summed E-state index contributed by atoms with van der Waals surface area (Å²) in [5.74, 6) is 4.07. The fraction of sp³-hybridized carbons (Fsp3) is 0. The van der Waals surface area contributed by atoms with Crippen LogP contribution in [0.1, 0.15) is 44.5 Å². The van der Waals surface area contributed by atoms with Gasteiger partial charge in [-0.05, 0) is 72.8 Å². The molecule has 0 atom stereocenters. The molecule has 0 unspecified atom stereocenters. The Morgan fingerprint density at radius 1 is 0.250 bits per heavy atom. The summed E-state index contributed by atoms with van der Waals surface area (Å²) in [7, 11) is 0. The quantitative estimate of drug-likeness (QED) is 0.173. The lowest BCUT2D eigenvalue weighted by Gasteiger charge is -2.03. The van der Waals surface area contributed by atoms with Crippen LogP contribution in [0.4, 0.5) is 0 Å². The number of rotatable bonds is 0. The maximum atomic E-state index is 5.00. The van der Waals surface area contributed by atoms with Gasteiger partial charge in [-0.25, -0.2) is 39.9 Å². The van der Waals surface area contributed by atoms with Crippen LogP contribution >= 0.6 is 63.7 Å². The lowest BCUT2D eigenvalue weighted by molar-refractivity contribution is 1.49. The van der Waals surface area contributed by atoms with Crippen LogP contribution in [0, 0.1) is 0 Å². The second-order valence-electron chi connectivity index (χ2n) is 10.2. The molecule has 8 nitrogen and oxygen atoms in total. The van der Waals surface area contributed by atoms with E-state index in [0.717, 1.165) is 62.4 Å². The van der Waals surface area contributed by atoms with Crippen molar-refractivity contribution in [3.05, 3.63) is 135 Å². The molecule has 5 aliphatic heterocycles. The minimum Gasteiger partial charge on any atom is -0.208 e. The molecule has 0 spiro atoms. The first-order chi connectivity index (χ1) is 21.4. The Morgan fingerprint density at radius 2 is 0.432 bits per heavy atom. The van der Waals surface area contributed by atoms with E-state index >= 15 is 0 Å². The van der Waals surface area contributed by atoms with Crippen molar-refractivity contribution in [3.8, 4) is 0 Å². The van der Waals surface area contributed by atoms with Crippen molar-refractivity contribution in [1.29, 1.82) is 0 Å². The van der Waals surface area contributed by atoms with Crippen LogP contribution in [0.5, 0.6) is 0 Å². The lowest BCUT2D eigenvalue weighted by Crippen LogP contribution is -2.02. The molecule has 0 saturated heterocycles. The molecule has 0 N–H and O–H groups in total. The SMILES string of the molecule is Brc1ccc2c(c1)C1=NC2=NC2=NC(=NC3=NC(=NC4=NC(=N1)c1ccc(Br)cc14)c1ccc(Br)cc13)c1ccc(Br)cc12. The van der Waals surface area contributed by atoms with Gasteiger partial charge >= 0.3 is 0 Å². The normalized spacial score (nSPS) is 16.8. The predicted octanol–water partition coefficient (Wildman–Crippen LogP) is 7.88. The molecule has 0 aromatic heterocycles. The van der Waals surface area contributed by atoms with E-state index < -0.39 is 0 Å². The van der Waals surface area contributed by atoms with Crippen LogP contribution in [0.3, 0.4) is 0 Å². The van der Waals surface area contributed by atoms with Crippen LogP contribution in [0.15, 0.2) is 131 Å². The molecule has 4 aromatic carbocycles. The molecule has 5 aliphatic rings. The number of hydrogen-bond acceptors (Lipinski definition) is 8. The number of benzene rings is 4. The predicted molar refractivity (Wildman–Crippen MR) is 189 cm³/mol. The Bertz CT molecular complexity index is 2000. The molecule has 4 aromatic rings. The first-order valence-corrected chi connectivity index (χ1v) is 16.5. The first kappa shape index (κ1) is 26.6. The molecule has 208 valence electrons. The summed E-state index contributed by atoms with van der Waals surface area (Å²) in [5.41, 5.74) is 6.77. The summed E-state index contributed by atoms with van der Waals surface area (Å²) in [4.78, 5) is 39.6. The van der Waals surface area contributed by atoms with E-state index in [2.05, 4.69) is 63.7 Å². The molecule has 8 bridgehead atoms. The molecule has 5 heterocycles. The molecule has 0 aliphatic carbocycles. The van der Waals surface area contributed by atoms with Crippen LogP contribution < -0.4 is 0 Å². The molecular formula is C32H12Br4N8. The highest BCUT2D eigenvalue weighted by molar-refractivity contribution is 9.11. The van der Waals surface area contributed by atoms with E-state index in [1.165, 1.54) is 0 Å². The molecule has 44 heavy (non-hydrogen) atoms. The third-order valence-electron chi connectivity index (χ3n) is 7.55. The summed E-state index contributed by atoms with van der Waals surface area (Å²) in [5, 5.41) is 0. The number of fused-ring (bicyclic) bond motifs is 16. The Hall–Kier alpha value is -3.84. The molecule has 0 saturated carbocycles. The van der Waals surface area contributed by atoms with E-state index in [1.807, 2.05) is 72.8 Å². The monoisotopic (exact) mass is 824 g/mol. The van der Waals surface area contributed by atoms with Gasteiger partial charge in [0.2, 0.25) is 0 Å². The summed E-state index contributed by atoms with van der Waals surface area (Å²) in [6.07, 6.45) is 0. The van der Waals surface area contributed by atoms with Gasteiger partial charge < -0.3 is 0 Å². The van der Waals surface area contributed by atoms with Gasteiger partial charge in [-0.3, -0.25) is 0 Å². The van der Waals surface area contributed by atoms with Crippen molar-refractivity contribution in [3.63, 3.8) is 0 Å². The fourth-order valence-corrected chi connectivity index (χ4v) is 7.00. The number of aliphatic imine (C=N–C) groups is 8. The molecule has 9 rings (SSSR count). The van der Waals surface area contributed by atoms with Gasteiger partial charge in [0, 0.05) is 62.4 Å². The number of nitrogens with zero attached hydrogens (tertiary/aromatic N) is 8. The third kappa shape index (κ3) is 4.19. The Balaban J connectivity index is 1.36. The second-order valence-corrected chi connectivity index (χ2v) is 13.9. The maximum absolute atomic E-state index is 5.00. The largest absolute Gasteiger partial charge is 0.208 e.